The number of carbonyl (C=O) groups excluding carboxylic acids is 1. The van der Waals surface area contributed by atoms with Crippen molar-refractivity contribution in [3.63, 3.8) is 0 Å². The number of anilines is 1. The predicted octanol–water partition coefficient (Wildman–Crippen LogP) is 3.08. The van der Waals surface area contributed by atoms with Crippen molar-refractivity contribution in [1.29, 1.82) is 5.26 Å². The average Bonchev–Trinajstić information content (AvgIpc) is 2.63. The van der Waals surface area contributed by atoms with Crippen molar-refractivity contribution in [2.75, 3.05) is 31.1 Å². The van der Waals surface area contributed by atoms with Crippen molar-refractivity contribution >= 4 is 11.5 Å². The third-order valence-electron chi connectivity index (χ3n) is 4.50. The smallest absolute Gasteiger partial charge is 0.159 e. The van der Waals surface area contributed by atoms with Gasteiger partial charge in [0, 0.05) is 44.0 Å². The molecule has 4 heteroatoms. The number of nitrogens with zero attached hydrogens (tertiary/aromatic N) is 3. The van der Waals surface area contributed by atoms with Crippen LogP contribution in [-0.4, -0.2) is 36.9 Å². The predicted molar refractivity (Wildman–Crippen MR) is 95.1 cm³/mol. The summed E-state index contributed by atoms with van der Waals surface area (Å²) in [6.07, 6.45) is 0. The van der Waals surface area contributed by atoms with Crippen LogP contribution in [0.1, 0.15) is 28.4 Å². The molecule has 0 unspecified atom stereocenters. The van der Waals surface area contributed by atoms with E-state index in [0.29, 0.717) is 5.56 Å². The maximum Gasteiger partial charge on any atom is 0.159 e. The second kappa shape index (κ2) is 7.29. The zero-order valence-electron chi connectivity index (χ0n) is 13.9. The minimum atomic E-state index is 0.105. The van der Waals surface area contributed by atoms with Gasteiger partial charge in [0.25, 0.3) is 0 Å². The molecule has 0 aromatic heterocycles. The summed E-state index contributed by atoms with van der Waals surface area (Å²) in [6.45, 7) is 6.49. The first-order valence-electron chi connectivity index (χ1n) is 8.23. The summed E-state index contributed by atoms with van der Waals surface area (Å²) in [5.41, 5.74) is 3.89. The van der Waals surface area contributed by atoms with Crippen molar-refractivity contribution < 1.29 is 4.79 Å². The second-order valence-electron chi connectivity index (χ2n) is 6.17. The van der Waals surface area contributed by atoms with Gasteiger partial charge in [-0.25, -0.2) is 0 Å². The first kappa shape index (κ1) is 16.2. The lowest BCUT2D eigenvalue weighted by Gasteiger charge is -2.36. The molecule has 3 rings (SSSR count). The topological polar surface area (TPSA) is 47.3 Å². The summed E-state index contributed by atoms with van der Waals surface area (Å²) in [7, 11) is 0. The average molecular weight is 319 g/mol. The van der Waals surface area contributed by atoms with Gasteiger partial charge in [0.2, 0.25) is 0 Å². The maximum absolute atomic E-state index is 11.4. The number of rotatable bonds is 4. The second-order valence-corrected chi connectivity index (χ2v) is 6.17. The molecule has 1 fully saturated rings. The van der Waals surface area contributed by atoms with Gasteiger partial charge in [0.05, 0.1) is 11.6 Å². The molecule has 1 aliphatic rings. The summed E-state index contributed by atoms with van der Waals surface area (Å²) < 4.78 is 0. The van der Waals surface area contributed by atoms with Crippen molar-refractivity contribution in [1.82, 2.24) is 4.90 Å². The Balaban J connectivity index is 1.55. The molecule has 0 radical (unpaired) electrons. The van der Waals surface area contributed by atoms with Gasteiger partial charge in [-0.2, -0.15) is 5.26 Å². The normalized spacial score (nSPS) is 15.1. The van der Waals surface area contributed by atoms with E-state index in [1.165, 1.54) is 11.3 Å². The number of Topliss-reactive ketones (excluding diaryl/α,β-unsaturated/α-hetero) is 1. The molecule has 1 heterocycles. The molecule has 2 aromatic rings. The number of piperazine rings is 1. The molecule has 4 nitrogen and oxygen atoms in total. The zero-order chi connectivity index (χ0) is 16.9. The third kappa shape index (κ3) is 3.81. The van der Waals surface area contributed by atoms with Gasteiger partial charge in [0.15, 0.2) is 5.78 Å². The summed E-state index contributed by atoms with van der Waals surface area (Å²) in [6, 6.07) is 17.8. The Hall–Kier alpha value is -2.64. The van der Waals surface area contributed by atoms with Gasteiger partial charge < -0.3 is 4.90 Å². The molecule has 0 bridgehead atoms. The van der Waals surface area contributed by atoms with Crippen molar-refractivity contribution in [2.24, 2.45) is 0 Å². The van der Waals surface area contributed by atoms with Crippen molar-refractivity contribution in [2.45, 2.75) is 13.5 Å². The highest BCUT2D eigenvalue weighted by molar-refractivity contribution is 5.94. The quantitative estimate of drug-likeness (QED) is 0.813. The Bertz CT molecular complexity index is 736. The van der Waals surface area contributed by atoms with E-state index in [-0.39, 0.29) is 5.78 Å². The fourth-order valence-corrected chi connectivity index (χ4v) is 3.01. The zero-order valence-corrected chi connectivity index (χ0v) is 13.9. The first-order chi connectivity index (χ1) is 11.7. The van der Waals surface area contributed by atoms with E-state index in [1.807, 2.05) is 48.5 Å². The first-order valence-corrected chi connectivity index (χ1v) is 8.23. The Morgan fingerprint density at radius 2 is 1.62 bits per heavy atom. The number of benzene rings is 2. The molecule has 1 aliphatic heterocycles. The summed E-state index contributed by atoms with van der Waals surface area (Å²) >= 11 is 0. The molecule has 1 saturated heterocycles. The minimum absolute atomic E-state index is 0.105. The van der Waals surface area contributed by atoms with Gasteiger partial charge >= 0.3 is 0 Å². The minimum Gasteiger partial charge on any atom is -0.369 e. The van der Waals surface area contributed by atoms with Crippen LogP contribution in [0.15, 0.2) is 48.5 Å². The fraction of sp³-hybridized carbons (Fsp3) is 0.300. The third-order valence-corrected chi connectivity index (χ3v) is 4.50. The van der Waals surface area contributed by atoms with Gasteiger partial charge in [0.1, 0.15) is 0 Å². The Kier molecular flexibility index (Phi) is 4.93. The Morgan fingerprint density at radius 3 is 2.17 bits per heavy atom. The summed E-state index contributed by atoms with van der Waals surface area (Å²) in [5.74, 6) is 0.105. The number of nitriles is 1. The molecule has 2 aromatic carbocycles. The Labute approximate surface area is 142 Å². The molecule has 0 N–H and O–H groups in total. The SMILES string of the molecule is CC(=O)c1ccc(N2CCN(Cc3ccc(C#N)cc3)CC2)cc1. The lowest BCUT2D eigenvalue weighted by atomic mass is 10.1. The van der Waals surface area contributed by atoms with Gasteiger partial charge in [-0.05, 0) is 48.9 Å². The fourth-order valence-electron chi connectivity index (χ4n) is 3.01. The molecule has 0 atom stereocenters. The Morgan fingerprint density at radius 1 is 1.00 bits per heavy atom. The molecule has 24 heavy (non-hydrogen) atoms. The summed E-state index contributed by atoms with van der Waals surface area (Å²) in [4.78, 5) is 16.1. The van der Waals surface area contributed by atoms with Crippen LogP contribution in [0, 0.1) is 11.3 Å². The molecule has 0 aliphatic carbocycles. The number of hydrogen-bond donors (Lipinski definition) is 0. The van der Waals surface area contributed by atoms with Crippen LogP contribution in [0.4, 0.5) is 5.69 Å². The molecular weight excluding hydrogens is 298 g/mol. The number of carbonyl (C=O) groups is 1. The maximum atomic E-state index is 11.4. The monoisotopic (exact) mass is 319 g/mol. The van der Waals surface area contributed by atoms with Crippen LogP contribution in [0.25, 0.3) is 0 Å². The highest BCUT2D eigenvalue weighted by Gasteiger charge is 2.17. The molecule has 122 valence electrons. The van der Waals surface area contributed by atoms with Crippen LogP contribution in [-0.2, 0) is 6.54 Å². The van der Waals surface area contributed by atoms with Crippen LogP contribution in [0.2, 0.25) is 0 Å². The van der Waals surface area contributed by atoms with Crippen LogP contribution in [0.5, 0.6) is 0 Å². The molecule has 0 spiro atoms. The van der Waals surface area contributed by atoms with E-state index < -0.39 is 0 Å². The largest absolute Gasteiger partial charge is 0.369 e. The van der Waals surface area contributed by atoms with Gasteiger partial charge in [-0.15, -0.1) is 0 Å². The van der Waals surface area contributed by atoms with Gasteiger partial charge in [-0.1, -0.05) is 12.1 Å². The molecule has 0 saturated carbocycles. The summed E-state index contributed by atoms with van der Waals surface area (Å²) in [5, 5.41) is 8.85. The lowest BCUT2D eigenvalue weighted by Crippen LogP contribution is -2.45. The van der Waals surface area contributed by atoms with Crippen LogP contribution in [0.3, 0.4) is 0 Å². The van der Waals surface area contributed by atoms with Gasteiger partial charge in [-0.3, -0.25) is 9.69 Å². The lowest BCUT2D eigenvalue weighted by molar-refractivity contribution is 0.101. The van der Waals surface area contributed by atoms with Crippen LogP contribution >= 0.6 is 0 Å². The van der Waals surface area contributed by atoms with Crippen LogP contribution < -0.4 is 4.90 Å². The molecule has 0 amide bonds. The van der Waals surface area contributed by atoms with E-state index in [1.54, 1.807) is 6.92 Å². The highest BCUT2D eigenvalue weighted by atomic mass is 16.1. The number of hydrogen-bond acceptors (Lipinski definition) is 4. The highest BCUT2D eigenvalue weighted by Crippen LogP contribution is 2.18. The van der Waals surface area contributed by atoms with E-state index in [2.05, 4.69) is 15.9 Å². The number of ketones is 1. The van der Waals surface area contributed by atoms with E-state index in [9.17, 15) is 4.79 Å². The van der Waals surface area contributed by atoms with Crippen molar-refractivity contribution in [3.8, 4) is 6.07 Å². The van der Waals surface area contributed by atoms with E-state index >= 15 is 0 Å². The van der Waals surface area contributed by atoms with Crippen molar-refractivity contribution in [3.05, 3.63) is 65.2 Å². The molecular formula is C20H21N3O. The van der Waals surface area contributed by atoms with E-state index in [4.69, 9.17) is 5.26 Å². The standard InChI is InChI=1S/C20H21N3O/c1-16(24)19-6-8-20(9-7-19)23-12-10-22(11-13-23)15-18-4-2-17(14-21)3-5-18/h2-9H,10-13,15H2,1H3. The van der Waals surface area contributed by atoms with E-state index in [0.717, 1.165) is 38.3 Å².